The van der Waals surface area contributed by atoms with Crippen LogP contribution in [0.4, 0.5) is 5.69 Å². The zero-order chi connectivity index (χ0) is 14.8. The largest absolute Gasteiger partial charge is 0.325 e. The minimum absolute atomic E-state index is 0.0603. The van der Waals surface area contributed by atoms with Crippen LogP contribution >= 0.6 is 11.8 Å². The molecule has 1 heterocycles. The summed E-state index contributed by atoms with van der Waals surface area (Å²) in [6.45, 7) is 1.71. The molecule has 0 spiro atoms. The molecule has 0 amide bonds. The number of nitrogens with zero attached hydrogens (tertiary/aromatic N) is 1. The lowest BCUT2D eigenvalue weighted by atomic mass is 10.3. The molecule has 8 heteroatoms. The van der Waals surface area contributed by atoms with E-state index in [0.29, 0.717) is 17.1 Å². The van der Waals surface area contributed by atoms with E-state index >= 15 is 0 Å². The minimum Gasteiger partial charge on any atom is -0.325 e. The Balaban J connectivity index is 2.44. The second kappa shape index (κ2) is 5.86. The number of hydrogen-bond acceptors (Lipinski definition) is 5. The predicted molar refractivity (Wildman–Crippen MR) is 80.2 cm³/mol. The van der Waals surface area contributed by atoms with Crippen molar-refractivity contribution >= 4 is 27.5 Å². The number of aryl methyl sites for hydroxylation is 1. The van der Waals surface area contributed by atoms with E-state index in [4.69, 9.17) is 5.73 Å². The normalized spacial score (nSPS) is 11.6. The third kappa shape index (κ3) is 2.82. The van der Waals surface area contributed by atoms with Gasteiger partial charge in [0.05, 0.1) is 17.1 Å². The Bertz CT molecular complexity index is 710. The Morgan fingerprint density at radius 1 is 1.40 bits per heavy atom. The number of sulfonamides is 1. The lowest BCUT2D eigenvalue weighted by molar-refractivity contribution is 0.599. The summed E-state index contributed by atoms with van der Waals surface area (Å²) >= 11 is 1.47. The summed E-state index contributed by atoms with van der Waals surface area (Å²) in [5.41, 5.74) is 6.88. The van der Waals surface area contributed by atoms with Crippen molar-refractivity contribution in [3.05, 3.63) is 35.7 Å². The summed E-state index contributed by atoms with van der Waals surface area (Å²) in [7, 11) is -3.71. The molecule has 0 unspecified atom stereocenters. The summed E-state index contributed by atoms with van der Waals surface area (Å²) < 4.78 is 27.6. The average molecular weight is 312 g/mol. The Morgan fingerprint density at radius 2 is 2.10 bits per heavy atom. The van der Waals surface area contributed by atoms with Gasteiger partial charge in [-0.05, 0) is 25.3 Å². The van der Waals surface area contributed by atoms with Crippen molar-refractivity contribution in [1.29, 1.82) is 0 Å². The quantitative estimate of drug-likeness (QED) is 0.730. The van der Waals surface area contributed by atoms with Gasteiger partial charge in [-0.15, -0.1) is 11.8 Å². The topological polar surface area (TPSA) is 101 Å². The maximum atomic E-state index is 12.5. The number of nitrogens with two attached hydrogens (primary N) is 1. The van der Waals surface area contributed by atoms with E-state index in [0.717, 1.165) is 4.90 Å². The third-order valence-electron chi connectivity index (χ3n) is 2.77. The van der Waals surface area contributed by atoms with E-state index in [1.807, 2.05) is 18.4 Å². The van der Waals surface area contributed by atoms with Crippen LogP contribution in [0.15, 0.2) is 34.1 Å². The molecule has 1 aromatic heterocycles. The molecule has 0 radical (unpaired) electrons. The first-order chi connectivity index (χ1) is 9.49. The zero-order valence-corrected chi connectivity index (χ0v) is 12.8. The highest BCUT2D eigenvalue weighted by Gasteiger charge is 2.24. The van der Waals surface area contributed by atoms with Crippen molar-refractivity contribution in [3.8, 4) is 0 Å². The first kappa shape index (κ1) is 14.9. The van der Waals surface area contributed by atoms with E-state index in [2.05, 4.69) is 14.9 Å². The first-order valence-corrected chi connectivity index (χ1v) is 8.60. The van der Waals surface area contributed by atoms with Crippen LogP contribution in [0.25, 0.3) is 0 Å². The first-order valence-electron chi connectivity index (χ1n) is 5.89. The fraction of sp³-hybridized carbons (Fsp3) is 0.250. The number of nitrogens with one attached hydrogen (secondary N) is 2. The molecule has 2 aromatic rings. The van der Waals surface area contributed by atoms with Crippen LogP contribution in [0.2, 0.25) is 0 Å². The monoisotopic (exact) mass is 312 g/mol. The van der Waals surface area contributed by atoms with Gasteiger partial charge in [0.25, 0.3) is 10.0 Å². The van der Waals surface area contributed by atoms with Crippen LogP contribution in [0.5, 0.6) is 0 Å². The second-order valence-electron chi connectivity index (χ2n) is 4.13. The number of aromatic amines is 1. The van der Waals surface area contributed by atoms with Crippen LogP contribution in [0, 0.1) is 6.92 Å². The van der Waals surface area contributed by atoms with E-state index < -0.39 is 10.0 Å². The van der Waals surface area contributed by atoms with Crippen molar-refractivity contribution in [2.24, 2.45) is 5.73 Å². The predicted octanol–water partition coefficient (Wildman–Crippen LogP) is 1.70. The van der Waals surface area contributed by atoms with Gasteiger partial charge in [-0.1, -0.05) is 12.1 Å². The average Bonchev–Trinajstić information content (AvgIpc) is 2.81. The van der Waals surface area contributed by atoms with E-state index in [1.165, 1.54) is 11.8 Å². The molecule has 6 nitrogen and oxygen atoms in total. The minimum atomic E-state index is -3.71. The van der Waals surface area contributed by atoms with Crippen LogP contribution in [0.3, 0.4) is 0 Å². The Morgan fingerprint density at radius 3 is 2.75 bits per heavy atom. The highest BCUT2D eigenvalue weighted by Crippen LogP contribution is 2.28. The molecule has 0 fully saturated rings. The molecule has 20 heavy (non-hydrogen) atoms. The number of aromatic nitrogens is 2. The Hall–Kier alpha value is -1.51. The number of hydrogen-bond donors (Lipinski definition) is 3. The molecule has 4 N–H and O–H groups in total. The molecule has 0 aliphatic rings. The number of thioether (sulfide) groups is 1. The summed E-state index contributed by atoms with van der Waals surface area (Å²) in [5.74, 6) is 0. The number of anilines is 1. The molecule has 1 aromatic carbocycles. The molecular formula is C12H16N4O2S2. The van der Waals surface area contributed by atoms with Crippen LogP contribution < -0.4 is 10.5 Å². The zero-order valence-electron chi connectivity index (χ0n) is 11.2. The fourth-order valence-electron chi connectivity index (χ4n) is 1.89. The highest BCUT2D eigenvalue weighted by molar-refractivity contribution is 7.99. The highest BCUT2D eigenvalue weighted by atomic mass is 32.2. The lowest BCUT2D eigenvalue weighted by Crippen LogP contribution is -2.16. The van der Waals surface area contributed by atoms with Crippen LogP contribution in [0.1, 0.15) is 11.4 Å². The summed E-state index contributed by atoms with van der Waals surface area (Å²) in [4.78, 5) is 0.974. The number of rotatable bonds is 5. The van der Waals surface area contributed by atoms with E-state index in [-0.39, 0.29) is 11.4 Å². The van der Waals surface area contributed by atoms with Gasteiger partial charge in [-0.2, -0.15) is 5.10 Å². The van der Waals surface area contributed by atoms with E-state index in [1.54, 1.807) is 19.1 Å². The van der Waals surface area contributed by atoms with Gasteiger partial charge in [-0.3, -0.25) is 9.82 Å². The molecule has 108 valence electrons. The molecular weight excluding hydrogens is 296 g/mol. The molecule has 0 aliphatic heterocycles. The van der Waals surface area contributed by atoms with Crippen molar-refractivity contribution in [1.82, 2.24) is 10.2 Å². The van der Waals surface area contributed by atoms with Crippen molar-refractivity contribution in [2.75, 3.05) is 11.0 Å². The van der Waals surface area contributed by atoms with Crippen molar-refractivity contribution in [2.45, 2.75) is 23.3 Å². The molecule has 0 saturated heterocycles. The molecule has 2 rings (SSSR count). The van der Waals surface area contributed by atoms with Crippen molar-refractivity contribution in [3.63, 3.8) is 0 Å². The maximum Gasteiger partial charge on any atom is 0.265 e. The smallest absolute Gasteiger partial charge is 0.265 e. The maximum absolute atomic E-state index is 12.5. The van der Waals surface area contributed by atoms with Gasteiger partial charge < -0.3 is 5.73 Å². The second-order valence-corrected chi connectivity index (χ2v) is 6.60. The number of para-hydroxylation sites is 1. The van der Waals surface area contributed by atoms with Gasteiger partial charge in [0.15, 0.2) is 0 Å². The molecule has 0 bridgehead atoms. The molecule has 0 aliphatic carbocycles. The third-order valence-corrected chi connectivity index (χ3v) is 5.14. The Kier molecular flexibility index (Phi) is 4.36. The van der Waals surface area contributed by atoms with Gasteiger partial charge >= 0.3 is 0 Å². The van der Waals surface area contributed by atoms with Gasteiger partial charge in [0.1, 0.15) is 4.90 Å². The fourth-order valence-corrected chi connectivity index (χ4v) is 3.96. The van der Waals surface area contributed by atoms with E-state index in [9.17, 15) is 8.42 Å². The van der Waals surface area contributed by atoms with Crippen LogP contribution in [-0.2, 0) is 16.6 Å². The van der Waals surface area contributed by atoms with Crippen LogP contribution in [-0.4, -0.2) is 24.9 Å². The van der Waals surface area contributed by atoms with Gasteiger partial charge in [0.2, 0.25) is 0 Å². The van der Waals surface area contributed by atoms with Crippen molar-refractivity contribution < 1.29 is 8.42 Å². The molecule has 0 atom stereocenters. The van der Waals surface area contributed by atoms with Gasteiger partial charge in [-0.25, -0.2) is 8.42 Å². The summed E-state index contributed by atoms with van der Waals surface area (Å²) in [6.07, 6.45) is 1.89. The summed E-state index contributed by atoms with van der Waals surface area (Å²) in [6, 6.07) is 7.22. The SMILES string of the molecule is CSc1ccccc1NS(=O)(=O)c1c(CN)n[nH]c1C. The Labute approximate surface area is 122 Å². The standard InChI is InChI=1S/C12H16N4O2S2/c1-8-12(10(7-13)15-14-8)20(17,18)16-9-5-3-4-6-11(9)19-2/h3-6,16H,7,13H2,1-2H3,(H,14,15). The van der Waals surface area contributed by atoms with Gasteiger partial charge in [0, 0.05) is 11.4 Å². The lowest BCUT2D eigenvalue weighted by Gasteiger charge is -2.11. The number of H-pyrrole nitrogens is 1. The summed E-state index contributed by atoms with van der Waals surface area (Å²) in [5, 5.41) is 6.56. The molecule has 0 saturated carbocycles. The number of benzene rings is 1.